The highest BCUT2D eigenvalue weighted by atomic mass is 32.2. The van der Waals surface area contributed by atoms with Crippen LogP contribution in [0.2, 0.25) is 0 Å². The van der Waals surface area contributed by atoms with E-state index in [0.29, 0.717) is 11.5 Å². The molecule has 39 heavy (non-hydrogen) atoms. The number of para-hydroxylation sites is 4. The van der Waals surface area contributed by atoms with Crippen molar-refractivity contribution in [2.24, 2.45) is 0 Å². The van der Waals surface area contributed by atoms with Crippen molar-refractivity contribution in [3.05, 3.63) is 72.8 Å². The van der Waals surface area contributed by atoms with E-state index in [-0.39, 0.29) is 23.8 Å². The molecule has 0 saturated carbocycles. The monoisotopic (exact) mass is 553 g/mol. The Morgan fingerprint density at radius 1 is 0.974 bits per heavy atom. The summed E-state index contributed by atoms with van der Waals surface area (Å²) in [7, 11) is -4.09. The molecule has 3 aromatic carbocycles. The second-order valence-electron chi connectivity index (χ2n) is 10.4. The van der Waals surface area contributed by atoms with Crippen LogP contribution >= 0.6 is 0 Å². The third kappa shape index (κ3) is 5.86. The maximum atomic E-state index is 13.3. The minimum atomic E-state index is -4.09. The number of hydrogen-bond acceptors (Lipinski definition) is 8. The van der Waals surface area contributed by atoms with Gasteiger partial charge in [-0.15, -0.1) is 0 Å². The summed E-state index contributed by atoms with van der Waals surface area (Å²) in [5, 5.41) is 14.0. The fraction of sp³-hybridized carbons (Fsp3) is 0.321. The number of nitrogens with zero attached hydrogens (tertiary/aromatic N) is 1. The molecule has 0 spiro atoms. The summed E-state index contributed by atoms with van der Waals surface area (Å²) in [6.07, 6.45) is -1.81. The molecule has 5 rings (SSSR count). The van der Waals surface area contributed by atoms with Gasteiger partial charge in [-0.25, -0.2) is 17.9 Å². The second-order valence-corrected chi connectivity index (χ2v) is 12.1. The van der Waals surface area contributed by atoms with E-state index in [1.165, 1.54) is 18.2 Å². The molecule has 3 atom stereocenters. The third-order valence-corrected chi connectivity index (χ3v) is 7.78. The second kappa shape index (κ2) is 10.5. The van der Waals surface area contributed by atoms with Crippen molar-refractivity contribution in [2.45, 2.75) is 49.5 Å². The zero-order chi connectivity index (χ0) is 27.8. The zero-order valence-electron chi connectivity index (χ0n) is 21.8. The van der Waals surface area contributed by atoms with Crippen molar-refractivity contribution in [1.82, 2.24) is 4.72 Å². The van der Waals surface area contributed by atoms with Gasteiger partial charge in [0.05, 0.1) is 47.7 Å². The molecule has 1 fully saturated rings. The molecule has 0 radical (unpaired) electrons. The summed E-state index contributed by atoms with van der Waals surface area (Å²) in [5.41, 5.74) is 1.04. The number of rotatable bonds is 5. The summed E-state index contributed by atoms with van der Waals surface area (Å²) in [6.45, 7) is 5.36. The molecule has 1 saturated heterocycles. The standard InChI is InChI=1S/C28H31N3O7S/c1-28(2,3)38-27(33)29-18-9-8-10-19(15-18)39(34,35)30-20-16-36-17-23(26(20)32)31-21-11-4-6-13-24(21)37-25-14-7-5-12-22(25)31/h4-15,20,23,26,30,32H,16-17H2,1-3H3,(H,29,33)/t20-,23+,26+/m1/s1. The fourth-order valence-electron chi connectivity index (χ4n) is 4.63. The van der Waals surface area contributed by atoms with Gasteiger partial charge in [0.15, 0.2) is 11.5 Å². The highest BCUT2D eigenvalue weighted by Crippen LogP contribution is 2.48. The van der Waals surface area contributed by atoms with Crippen LogP contribution in [0.3, 0.4) is 0 Å². The van der Waals surface area contributed by atoms with E-state index in [0.717, 1.165) is 11.4 Å². The minimum Gasteiger partial charge on any atom is -0.453 e. The van der Waals surface area contributed by atoms with Crippen molar-refractivity contribution in [1.29, 1.82) is 0 Å². The van der Waals surface area contributed by atoms with Crippen molar-refractivity contribution >= 4 is 33.2 Å². The van der Waals surface area contributed by atoms with Gasteiger partial charge in [-0.2, -0.15) is 0 Å². The Balaban J connectivity index is 1.37. The third-order valence-electron chi connectivity index (χ3n) is 6.29. The molecule has 2 heterocycles. The lowest BCUT2D eigenvalue weighted by atomic mass is 9.98. The Hall–Kier alpha value is -3.64. The number of aliphatic hydroxyl groups excluding tert-OH is 1. The highest BCUT2D eigenvalue weighted by molar-refractivity contribution is 7.89. The van der Waals surface area contributed by atoms with Crippen LogP contribution in [0.1, 0.15) is 20.8 Å². The number of carbonyl (C=O) groups is 1. The summed E-state index contributed by atoms with van der Waals surface area (Å²) < 4.78 is 46.4. The van der Waals surface area contributed by atoms with E-state index in [1.54, 1.807) is 26.8 Å². The first kappa shape index (κ1) is 26.9. The first-order valence-electron chi connectivity index (χ1n) is 12.6. The normalized spacial score (nSPS) is 20.8. The number of aliphatic hydroxyl groups is 1. The van der Waals surface area contributed by atoms with Crippen LogP contribution in [0.15, 0.2) is 77.7 Å². The van der Waals surface area contributed by atoms with Crippen LogP contribution in [0, 0.1) is 0 Å². The Morgan fingerprint density at radius 3 is 2.26 bits per heavy atom. The number of ether oxygens (including phenoxy) is 3. The maximum Gasteiger partial charge on any atom is 0.412 e. The Bertz CT molecular complexity index is 1430. The van der Waals surface area contributed by atoms with E-state index in [4.69, 9.17) is 14.2 Å². The Morgan fingerprint density at radius 2 is 1.62 bits per heavy atom. The van der Waals surface area contributed by atoms with Crippen LogP contribution in [-0.4, -0.2) is 56.6 Å². The smallest absolute Gasteiger partial charge is 0.412 e. The predicted molar refractivity (Wildman–Crippen MR) is 146 cm³/mol. The molecule has 1 amide bonds. The van der Waals surface area contributed by atoms with Gasteiger partial charge in [0.1, 0.15) is 5.60 Å². The van der Waals surface area contributed by atoms with E-state index in [2.05, 4.69) is 10.0 Å². The Labute approximate surface area is 227 Å². The van der Waals surface area contributed by atoms with Crippen molar-refractivity contribution in [3.63, 3.8) is 0 Å². The van der Waals surface area contributed by atoms with E-state index in [9.17, 15) is 18.3 Å². The molecule has 0 bridgehead atoms. The molecule has 10 nitrogen and oxygen atoms in total. The molecule has 0 aromatic heterocycles. The number of sulfonamides is 1. The average Bonchev–Trinajstić information content (AvgIpc) is 2.88. The molecule has 11 heteroatoms. The maximum absolute atomic E-state index is 13.3. The summed E-state index contributed by atoms with van der Waals surface area (Å²) in [6, 6.07) is 19.2. The number of hydrogen-bond donors (Lipinski definition) is 3. The van der Waals surface area contributed by atoms with Crippen LogP contribution in [0.4, 0.5) is 21.9 Å². The van der Waals surface area contributed by atoms with Crippen molar-refractivity contribution < 1.29 is 32.5 Å². The van der Waals surface area contributed by atoms with Gasteiger partial charge in [0.25, 0.3) is 0 Å². The lowest BCUT2D eigenvalue weighted by Crippen LogP contribution is -2.60. The van der Waals surface area contributed by atoms with E-state index >= 15 is 0 Å². The number of carbonyl (C=O) groups excluding carboxylic acids is 1. The van der Waals surface area contributed by atoms with E-state index < -0.39 is 39.9 Å². The molecule has 3 aromatic rings. The fourth-order valence-corrected chi connectivity index (χ4v) is 5.91. The van der Waals surface area contributed by atoms with Gasteiger partial charge in [0.2, 0.25) is 10.0 Å². The molecule has 2 aliphatic heterocycles. The van der Waals surface area contributed by atoms with Gasteiger partial charge in [-0.05, 0) is 63.2 Å². The topological polar surface area (TPSA) is 126 Å². The lowest BCUT2D eigenvalue weighted by Gasteiger charge is -2.44. The first-order chi connectivity index (χ1) is 18.5. The Kier molecular flexibility index (Phi) is 7.25. The SMILES string of the molecule is CC(C)(C)OC(=O)Nc1cccc(S(=O)(=O)N[C@@H]2COC[C@H](N3c4ccccc4Oc4ccccc43)[C@H]2O)c1. The molecule has 3 N–H and O–H groups in total. The summed E-state index contributed by atoms with van der Waals surface area (Å²) in [4.78, 5) is 14.0. The van der Waals surface area contributed by atoms with Gasteiger partial charge < -0.3 is 24.2 Å². The van der Waals surface area contributed by atoms with Crippen molar-refractivity contribution in [2.75, 3.05) is 23.4 Å². The first-order valence-corrected chi connectivity index (χ1v) is 14.0. The number of amides is 1. The minimum absolute atomic E-state index is 0.0135. The summed E-state index contributed by atoms with van der Waals surface area (Å²) in [5.74, 6) is 1.25. The predicted octanol–water partition coefficient (Wildman–Crippen LogP) is 4.38. The molecular weight excluding hydrogens is 522 g/mol. The van der Waals surface area contributed by atoms with E-state index in [1.807, 2.05) is 53.4 Å². The zero-order valence-corrected chi connectivity index (χ0v) is 22.6. The molecule has 0 aliphatic carbocycles. The van der Waals surface area contributed by atoms with Crippen LogP contribution in [0.25, 0.3) is 0 Å². The van der Waals surface area contributed by atoms with Crippen LogP contribution < -0.4 is 19.7 Å². The molecular formula is C28H31N3O7S. The van der Waals surface area contributed by atoms with Gasteiger partial charge >= 0.3 is 6.09 Å². The van der Waals surface area contributed by atoms with Gasteiger partial charge in [-0.1, -0.05) is 30.3 Å². The van der Waals surface area contributed by atoms with Gasteiger partial charge in [0, 0.05) is 5.69 Å². The van der Waals surface area contributed by atoms with Crippen LogP contribution in [0.5, 0.6) is 11.5 Å². The van der Waals surface area contributed by atoms with Crippen molar-refractivity contribution in [3.8, 4) is 11.5 Å². The number of anilines is 3. The summed E-state index contributed by atoms with van der Waals surface area (Å²) >= 11 is 0. The average molecular weight is 554 g/mol. The molecule has 2 aliphatic rings. The quantitative estimate of drug-likeness (QED) is 0.425. The number of benzene rings is 3. The van der Waals surface area contributed by atoms with Gasteiger partial charge in [-0.3, -0.25) is 5.32 Å². The van der Waals surface area contributed by atoms with Crippen LogP contribution in [-0.2, 0) is 19.5 Å². The lowest BCUT2D eigenvalue weighted by molar-refractivity contribution is -0.0244. The molecule has 206 valence electrons. The highest BCUT2D eigenvalue weighted by Gasteiger charge is 2.41. The molecule has 0 unspecified atom stereocenters. The number of nitrogens with one attached hydrogen (secondary N) is 2. The largest absolute Gasteiger partial charge is 0.453 e. The number of fused-ring (bicyclic) bond motifs is 2.